The van der Waals surface area contributed by atoms with Crippen LogP contribution in [0.5, 0.6) is 0 Å². The molecule has 0 saturated carbocycles. The Morgan fingerprint density at radius 1 is 1.24 bits per heavy atom. The van der Waals surface area contributed by atoms with E-state index in [0.717, 1.165) is 39.0 Å². The van der Waals surface area contributed by atoms with Gasteiger partial charge in [0.25, 0.3) is 0 Å². The van der Waals surface area contributed by atoms with Crippen LogP contribution in [0.25, 0.3) is 0 Å². The molecule has 0 spiro atoms. The molecular formula is C14H22N2O. The average molecular weight is 234 g/mol. The highest BCUT2D eigenvalue weighted by Gasteiger charge is 2.02. The van der Waals surface area contributed by atoms with Crippen molar-refractivity contribution in [1.29, 1.82) is 0 Å². The quantitative estimate of drug-likeness (QED) is 0.521. The summed E-state index contributed by atoms with van der Waals surface area (Å²) in [4.78, 5) is 12.5. The fraction of sp³-hybridized carbons (Fsp3) is 0.500. The molecule has 3 heteroatoms. The molecule has 0 aliphatic rings. The number of nitrogens with zero attached hydrogens (tertiary/aromatic N) is 1. The predicted octanol–water partition coefficient (Wildman–Crippen LogP) is 1.69. The first-order valence-electron chi connectivity index (χ1n) is 6.27. The van der Waals surface area contributed by atoms with Gasteiger partial charge in [0.15, 0.2) is 0 Å². The molecule has 0 fully saturated rings. The van der Waals surface area contributed by atoms with Crippen molar-refractivity contribution in [1.82, 2.24) is 10.2 Å². The Kier molecular flexibility index (Phi) is 7.27. The third kappa shape index (κ3) is 6.19. The van der Waals surface area contributed by atoms with Gasteiger partial charge in [0, 0.05) is 32.6 Å². The molecular weight excluding hydrogens is 212 g/mol. The zero-order chi connectivity index (χ0) is 12.3. The van der Waals surface area contributed by atoms with Gasteiger partial charge in [-0.25, -0.2) is 0 Å². The SMILES string of the molecule is CCN(CCNCCC=O)Cc1ccccc1. The maximum atomic E-state index is 10.1. The summed E-state index contributed by atoms with van der Waals surface area (Å²) in [5.41, 5.74) is 1.35. The van der Waals surface area contributed by atoms with E-state index in [2.05, 4.69) is 41.4 Å². The lowest BCUT2D eigenvalue weighted by Gasteiger charge is -2.20. The molecule has 0 aliphatic carbocycles. The van der Waals surface area contributed by atoms with Crippen LogP contribution < -0.4 is 5.32 Å². The summed E-state index contributed by atoms with van der Waals surface area (Å²) >= 11 is 0. The zero-order valence-electron chi connectivity index (χ0n) is 10.6. The average Bonchev–Trinajstić information content (AvgIpc) is 2.38. The lowest BCUT2D eigenvalue weighted by molar-refractivity contribution is -0.107. The molecule has 0 unspecified atom stereocenters. The van der Waals surface area contributed by atoms with E-state index >= 15 is 0 Å². The van der Waals surface area contributed by atoms with Crippen molar-refractivity contribution in [3.05, 3.63) is 35.9 Å². The summed E-state index contributed by atoms with van der Waals surface area (Å²) in [5, 5.41) is 3.26. The first kappa shape index (κ1) is 13.9. The van der Waals surface area contributed by atoms with E-state index in [-0.39, 0.29) is 0 Å². The third-order valence-electron chi connectivity index (χ3n) is 2.74. The molecule has 0 aromatic heterocycles. The highest BCUT2D eigenvalue weighted by atomic mass is 16.1. The van der Waals surface area contributed by atoms with Crippen molar-refractivity contribution >= 4 is 6.29 Å². The minimum Gasteiger partial charge on any atom is -0.315 e. The summed E-state index contributed by atoms with van der Waals surface area (Å²) in [6.07, 6.45) is 1.55. The summed E-state index contributed by atoms with van der Waals surface area (Å²) in [6, 6.07) is 10.5. The number of carbonyl (C=O) groups is 1. The van der Waals surface area contributed by atoms with Gasteiger partial charge in [-0.05, 0) is 12.1 Å². The minimum absolute atomic E-state index is 0.602. The van der Waals surface area contributed by atoms with Gasteiger partial charge in [-0.1, -0.05) is 37.3 Å². The van der Waals surface area contributed by atoms with Gasteiger partial charge in [0.05, 0.1) is 0 Å². The molecule has 1 N–H and O–H groups in total. The number of hydrogen-bond donors (Lipinski definition) is 1. The van der Waals surface area contributed by atoms with Crippen LogP contribution in [0.2, 0.25) is 0 Å². The smallest absolute Gasteiger partial charge is 0.121 e. The van der Waals surface area contributed by atoms with E-state index in [1.165, 1.54) is 5.56 Å². The number of likely N-dealkylation sites (N-methyl/N-ethyl adjacent to an activating group) is 1. The number of benzene rings is 1. The lowest BCUT2D eigenvalue weighted by atomic mass is 10.2. The second kappa shape index (κ2) is 8.90. The largest absolute Gasteiger partial charge is 0.315 e. The van der Waals surface area contributed by atoms with Gasteiger partial charge >= 0.3 is 0 Å². The van der Waals surface area contributed by atoms with Crippen molar-refractivity contribution in [2.75, 3.05) is 26.2 Å². The molecule has 1 aromatic carbocycles. The van der Waals surface area contributed by atoms with Crippen LogP contribution in [0.4, 0.5) is 0 Å². The fourth-order valence-corrected chi connectivity index (χ4v) is 1.71. The Morgan fingerprint density at radius 3 is 2.65 bits per heavy atom. The molecule has 94 valence electrons. The number of rotatable bonds is 9. The molecule has 17 heavy (non-hydrogen) atoms. The molecule has 0 radical (unpaired) electrons. The summed E-state index contributed by atoms with van der Waals surface area (Å²) < 4.78 is 0. The van der Waals surface area contributed by atoms with Crippen LogP contribution in [0.1, 0.15) is 18.9 Å². The van der Waals surface area contributed by atoms with Crippen molar-refractivity contribution in [2.45, 2.75) is 19.9 Å². The van der Waals surface area contributed by atoms with Crippen LogP contribution >= 0.6 is 0 Å². The Balaban J connectivity index is 2.22. The molecule has 0 amide bonds. The lowest BCUT2D eigenvalue weighted by Crippen LogP contribution is -2.32. The van der Waals surface area contributed by atoms with E-state index in [1.54, 1.807) is 0 Å². The summed E-state index contributed by atoms with van der Waals surface area (Å²) in [7, 11) is 0. The van der Waals surface area contributed by atoms with E-state index in [0.29, 0.717) is 6.42 Å². The molecule has 0 heterocycles. The third-order valence-corrected chi connectivity index (χ3v) is 2.74. The van der Waals surface area contributed by atoms with Gasteiger partial charge in [-0.3, -0.25) is 4.90 Å². The molecule has 0 saturated heterocycles. The Morgan fingerprint density at radius 2 is 2.00 bits per heavy atom. The van der Waals surface area contributed by atoms with Crippen LogP contribution in [0.15, 0.2) is 30.3 Å². The standard InChI is InChI=1S/C14H22N2O/c1-2-16(11-10-15-9-6-12-17)13-14-7-4-3-5-8-14/h3-5,7-8,12,15H,2,6,9-11,13H2,1H3. The fourth-order valence-electron chi connectivity index (χ4n) is 1.71. The van der Waals surface area contributed by atoms with E-state index in [4.69, 9.17) is 0 Å². The maximum Gasteiger partial charge on any atom is 0.121 e. The Hall–Kier alpha value is -1.19. The molecule has 0 bridgehead atoms. The van der Waals surface area contributed by atoms with E-state index < -0.39 is 0 Å². The van der Waals surface area contributed by atoms with Crippen molar-refractivity contribution in [2.24, 2.45) is 0 Å². The number of carbonyl (C=O) groups excluding carboxylic acids is 1. The second-order valence-electron chi connectivity index (χ2n) is 4.06. The number of aldehydes is 1. The van der Waals surface area contributed by atoms with Crippen LogP contribution in [0.3, 0.4) is 0 Å². The topological polar surface area (TPSA) is 32.3 Å². The van der Waals surface area contributed by atoms with Crippen LogP contribution in [0, 0.1) is 0 Å². The zero-order valence-corrected chi connectivity index (χ0v) is 10.6. The van der Waals surface area contributed by atoms with E-state index in [9.17, 15) is 4.79 Å². The summed E-state index contributed by atoms with van der Waals surface area (Å²) in [5.74, 6) is 0. The van der Waals surface area contributed by atoms with Crippen LogP contribution in [-0.2, 0) is 11.3 Å². The van der Waals surface area contributed by atoms with Gasteiger partial charge in [0.1, 0.15) is 6.29 Å². The highest BCUT2D eigenvalue weighted by molar-refractivity contribution is 5.49. The minimum atomic E-state index is 0.602. The monoisotopic (exact) mass is 234 g/mol. The van der Waals surface area contributed by atoms with Gasteiger partial charge in [-0.15, -0.1) is 0 Å². The molecule has 0 atom stereocenters. The van der Waals surface area contributed by atoms with Crippen molar-refractivity contribution in [3.63, 3.8) is 0 Å². The number of nitrogens with one attached hydrogen (secondary N) is 1. The second-order valence-corrected chi connectivity index (χ2v) is 4.06. The van der Waals surface area contributed by atoms with Gasteiger partial charge < -0.3 is 10.1 Å². The normalized spacial score (nSPS) is 10.7. The number of hydrogen-bond acceptors (Lipinski definition) is 3. The highest BCUT2D eigenvalue weighted by Crippen LogP contribution is 2.03. The molecule has 1 rings (SSSR count). The first-order valence-corrected chi connectivity index (χ1v) is 6.27. The summed E-state index contributed by atoms with van der Waals surface area (Å²) in [6.45, 7) is 6.95. The molecule has 1 aromatic rings. The first-order chi connectivity index (χ1) is 8.36. The van der Waals surface area contributed by atoms with Crippen LogP contribution in [-0.4, -0.2) is 37.4 Å². The Labute approximate surface area is 104 Å². The maximum absolute atomic E-state index is 10.1. The van der Waals surface area contributed by atoms with Crippen molar-refractivity contribution < 1.29 is 4.79 Å². The molecule has 0 aliphatic heterocycles. The van der Waals surface area contributed by atoms with Crippen molar-refractivity contribution in [3.8, 4) is 0 Å². The van der Waals surface area contributed by atoms with Gasteiger partial charge in [-0.2, -0.15) is 0 Å². The Bertz CT molecular complexity index is 300. The molecule has 3 nitrogen and oxygen atoms in total. The predicted molar refractivity (Wildman–Crippen MR) is 70.9 cm³/mol. The van der Waals surface area contributed by atoms with E-state index in [1.807, 2.05) is 6.07 Å². The van der Waals surface area contributed by atoms with Gasteiger partial charge in [0.2, 0.25) is 0 Å².